The lowest BCUT2D eigenvalue weighted by atomic mass is 9.78. The van der Waals surface area contributed by atoms with Crippen molar-refractivity contribution in [3.05, 3.63) is 24.3 Å². The first-order valence-electron chi connectivity index (χ1n) is 6.86. The molecule has 0 aliphatic carbocycles. The Balaban J connectivity index is 2.16. The molecule has 0 spiro atoms. The van der Waals surface area contributed by atoms with Crippen LogP contribution in [-0.2, 0) is 9.53 Å². The maximum absolute atomic E-state index is 12.7. The van der Waals surface area contributed by atoms with Gasteiger partial charge >= 0.3 is 0 Å². The van der Waals surface area contributed by atoms with Crippen molar-refractivity contribution in [1.29, 1.82) is 0 Å². The molecule has 1 aromatic rings. The van der Waals surface area contributed by atoms with Crippen LogP contribution in [0.1, 0.15) is 12.8 Å². The quantitative estimate of drug-likeness (QED) is 0.819. The Morgan fingerprint density at radius 1 is 1.40 bits per heavy atom. The molecule has 0 atom stereocenters. The van der Waals surface area contributed by atoms with Crippen molar-refractivity contribution in [3.63, 3.8) is 0 Å². The molecule has 0 bridgehead atoms. The van der Waals surface area contributed by atoms with Crippen LogP contribution in [-0.4, -0.2) is 39.0 Å². The van der Waals surface area contributed by atoms with Crippen molar-refractivity contribution in [3.8, 4) is 0 Å². The van der Waals surface area contributed by atoms with Gasteiger partial charge in [-0.05, 0) is 44.3 Å². The summed E-state index contributed by atoms with van der Waals surface area (Å²) in [5.74, 6) is 0.0716. The molecular formula is C15H22N2O2S. The molecule has 0 aromatic heterocycles. The molecule has 1 aromatic carbocycles. The summed E-state index contributed by atoms with van der Waals surface area (Å²) < 4.78 is 5.31. The number of carbonyl (C=O) groups excluding carboxylic acids is 1. The Labute approximate surface area is 124 Å². The predicted molar refractivity (Wildman–Crippen MR) is 83.3 cm³/mol. The Bertz CT molecular complexity index is 453. The van der Waals surface area contributed by atoms with E-state index in [2.05, 4.69) is 10.6 Å². The van der Waals surface area contributed by atoms with E-state index in [4.69, 9.17) is 4.74 Å². The van der Waals surface area contributed by atoms with E-state index in [0.29, 0.717) is 6.61 Å². The van der Waals surface area contributed by atoms with E-state index < -0.39 is 5.41 Å². The highest BCUT2D eigenvalue weighted by Crippen LogP contribution is 2.32. The third-order valence-corrected chi connectivity index (χ3v) is 4.61. The third-order valence-electron chi connectivity index (χ3n) is 3.82. The topological polar surface area (TPSA) is 50.4 Å². The van der Waals surface area contributed by atoms with Crippen LogP contribution in [0.15, 0.2) is 29.2 Å². The van der Waals surface area contributed by atoms with Crippen molar-refractivity contribution in [2.24, 2.45) is 5.41 Å². The zero-order valence-electron chi connectivity index (χ0n) is 12.1. The zero-order valence-corrected chi connectivity index (χ0v) is 12.9. The van der Waals surface area contributed by atoms with E-state index in [0.717, 1.165) is 36.5 Å². The van der Waals surface area contributed by atoms with Gasteiger partial charge in [0.2, 0.25) is 5.91 Å². The molecule has 1 saturated heterocycles. The zero-order chi connectivity index (χ0) is 14.4. The average molecular weight is 294 g/mol. The summed E-state index contributed by atoms with van der Waals surface area (Å²) in [6, 6.07) is 7.90. The highest BCUT2D eigenvalue weighted by atomic mass is 32.2. The van der Waals surface area contributed by atoms with Crippen molar-refractivity contribution in [1.82, 2.24) is 5.32 Å². The van der Waals surface area contributed by atoms with E-state index in [-0.39, 0.29) is 5.91 Å². The molecule has 1 heterocycles. The largest absolute Gasteiger partial charge is 0.384 e. The van der Waals surface area contributed by atoms with Crippen LogP contribution in [0.2, 0.25) is 0 Å². The molecule has 4 nitrogen and oxygen atoms in total. The van der Waals surface area contributed by atoms with Gasteiger partial charge in [0.15, 0.2) is 0 Å². The van der Waals surface area contributed by atoms with E-state index in [1.54, 1.807) is 18.9 Å². The Morgan fingerprint density at radius 3 is 2.75 bits per heavy atom. The summed E-state index contributed by atoms with van der Waals surface area (Å²) in [6.07, 6.45) is 3.64. The molecule has 1 amide bonds. The fourth-order valence-corrected chi connectivity index (χ4v) is 3.18. The number of nitrogens with one attached hydrogen (secondary N) is 2. The average Bonchev–Trinajstić information content (AvgIpc) is 2.49. The van der Waals surface area contributed by atoms with Crippen LogP contribution in [0.4, 0.5) is 5.69 Å². The normalized spacial score (nSPS) is 17.7. The number of amides is 1. The number of benzene rings is 1. The van der Waals surface area contributed by atoms with E-state index in [1.165, 1.54) is 0 Å². The molecule has 110 valence electrons. The van der Waals surface area contributed by atoms with Gasteiger partial charge < -0.3 is 15.4 Å². The number of para-hydroxylation sites is 1. The first-order valence-corrected chi connectivity index (χ1v) is 8.08. The molecule has 2 N–H and O–H groups in total. The molecule has 1 fully saturated rings. The second kappa shape index (κ2) is 7.11. The molecule has 5 heteroatoms. The predicted octanol–water partition coefficient (Wildman–Crippen LogP) is 2.36. The van der Waals surface area contributed by atoms with Gasteiger partial charge in [-0.25, -0.2) is 0 Å². The lowest BCUT2D eigenvalue weighted by Crippen LogP contribution is -2.47. The maximum Gasteiger partial charge on any atom is 0.233 e. The standard InChI is InChI=1S/C15H22N2O2S/c1-19-11-15(7-9-16-10-8-15)14(18)17-12-5-3-4-6-13(12)20-2/h3-6,16H,7-11H2,1-2H3,(H,17,18). The van der Waals surface area contributed by atoms with Crippen molar-refractivity contribution < 1.29 is 9.53 Å². The number of rotatable bonds is 5. The number of hydrogen-bond acceptors (Lipinski definition) is 4. The smallest absolute Gasteiger partial charge is 0.233 e. The SMILES string of the molecule is COCC1(C(=O)Nc2ccccc2SC)CCNCC1. The lowest BCUT2D eigenvalue weighted by Gasteiger charge is -2.35. The number of hydrogen-bond donors (Lipinski definition) is 2. The summed E-state index contributed by atoms with van der Waals surface area (Å²) in [4.78, 5) is 13.8. The summed E-state index contributed by atoms with van der Waals surface area (Å²) in [7, 11) is 1.66. The first kappa shape index (κ1) is 15.4. The van der Waals surface area contributed by atoms with Gasteiger partial charge in [-0.2, -0.15) is 0 Å². The van der Waals surface area contributed by atoms with Crippen molar-refractivity contribution in [2.75, 3.05) is 38.4 Å². The van der Waals surface area contributed by atoms with Crippen LogP contribution in [0.5, 0.6) is 0 Å². The monoisotopic (exact) mass is 294 g/mol. The number of anilines is 1. The van der Waals surface area contributed by atoms with E-state index in [1.807, 2.05) is 30.5 Å². The van der Waals surface area contributed by atoms with Crippen LogP contribution < -0.4 is 10.6 Å². The lowest BCUT2D eigenvalue weighted by molar-refractivity contribution is -0.130. The highest BCUT2D eigenvalue weighted by molar-refractivity contribution is 7.98. The minimum absolute atomic E-state index is 0.0716. The van der Waals surface area contributed by atoms with Gasteiger partial charge in [-0.3, -0.25) is 4.79 Å². The Kier molecular flexibility index (Phi) is 5.46. The minimum Gasteiger partial charge on any atom is -0.384 e. The van der Waals surface area contributed by atoms with Gasteiger partial charge in [0.05, 0.1) is 17.7 Å². The molecule has 0 unspecified atom stereocenters. The van der Waals surface area contributed by atoms with Crippen molar-refractivity contribution >= 4 is 23.4 Å². The maximum atomic E-state index is 12.7. The second-order valence-corrected chi connectivity index (χ2v) is 5.97. The molecule has 2 rings (SSSR count). The molecular weight excluding hydrogens is 272 g/mol. The van der Waals surface area contributed by atoms with Gasteiger partial charge in [0.25, 0.3) is 0 Å². The molecule has 1 aliphatic rings. The van der Waals surface area contributed by atoms with Gasteiger partial charge in [-0.15, -0.1) is 11.8 Å². The fourth-order valence-electron chi connectivity index (χ4n) is 2.62. The summed E-state index contributed by atoms with van der Waals surface area (Å²) >= 11 is 1.64. The van der Waals surface area contributed by atoms with Gasteiger partial charge in [0, 0.05) is 12.0 Å². The molecule has 1 aliphatic heterocycles. The number of ether oxygens (including phenoxy) is 1. The van der Waals surface area contributed by atoms with Crippen LogP contribution in [0.3, 0.4) is 0 Å². The summed E-state index contributed by atoms with van der Waals surface area (Å²) in [5.41, 5.74) is 0.477. The molecule has 20 heavy (non-hydrogen) atoms. The first-order chi connectivity index (χ1) is 9.72. The number of piperidine rings is 1. The summed E-state index contributed by atoms with van der Waals surface area (Å²) in [6.45, 7) is 2.20. The van der Waals surface area contributed by atoms with Crippen LogP contribution >= 0.6 is 11.8 Å². The molecule has 0 saturated carbocycles. The Hall–Kier alpha value is -1.04. The van der Waals surface area contributed by atoms with E-state index >= 15 is 0 Å². The molecule has 0 radical (unpaired) electrons. The van der Waals surface area contributed by atoms with Crippen LogP contribution in [0, 0.1) is 5.41 Å². The van der Waals surface area contributed by atoms with Gasteiger partial charge in [0.1, 0.15) is 0 Å². The third kappa shape index (κ3) is 3.34. The summed E-state index contributed by atoms with van der Waals surface area (Å²) in [5, 5.41) is 6.39. The number of methoxy groups -OCH3 is 1. The van der Waals surface area contributed by atoms with E-state index in [9.17, 15) is 4.79 Å². The highest BCUT2D eigenvalue weighted by Gasteiger charge is 2.39. The second-order valence-electron chi connectivity index (χ2n) is 5.12. The fraction of sp³-hybridized carbons (Fsp3) is 0.533. The van der Waals surface area contributed by atoms with Gasteiger partial charge in [-0.1, -0.05) is 12.1 Å². The van der Waals surface area contributed by atoms with Crippen LogP contribution in [0.25, 0.3) is 0 Å². The van der Waals surface area contributed by atoms with Crippen molar-refractivity contribution in [2.45, 2.75) is 17.7 Å². The number of thioether (sulfide) groups is 1. The Morgan fingerprint density at radius 2 is 2.10 bits per heavy atom. The number of carbonyl (C=O) groups is 1. The minimum atomic E-state index is -0.411.